The van der Waals surface area contributed by atoms with Crippen molar-refractivity contribution in [3.63, 3.8) is 0 Å². The van der Waals surface area contributed by atoms with Crippen molar-refractivity contribution < 1.29 is 19.1 Å². The van der Waals surface area contributed by atoms with Crippen molar-refractivity contribution in [2.45, 2.75) is 19.6 Å². The fourth-order valence-corrected chi connectivity index (χ4v) is 2.81. The van der Waals surface area contributed by atoms with Gasteiger partial charge in [0.1, 0.15) is 0 Å². The minimum Gasteiger partial charge on any atom is -0.419 e. The number of cyclic esters (lactones) is 2. The van der Waals surface area contributed by atoms with Crippen molar-refractivity contribution in [2.75, 3.05) is 6.26 Å². The maximum Gasteiger partial charge on any atom is 0.350 e. The number of benzene rings is 1. The number of carbonyl (C=O) groups excluding carboxylic acids is 2. The molecular formula is C14H13BrO4S. The lowest BCUT2D eigenvalue weighted by molar-refractivity contribution is -0.222. The van der Waals surface area contributed by atoms with Crippen LogP contribution in [0.3, 0.4) is 0 Å². The Kier molecular flexibility index (Phi) is 4.25. The van der Waals surface area contributed by atoms with Crippen molar-refractivity contribution in [1.29, 1.82) is 0 Å². The van der Waals surface area contributed by atoms with Gasteiger partial charge in [-0.3, -0.25) is 0 Å². The van der Waals surface area contributed by atoms with Gasteiger partial charge in [-0.1, -0.05) is 28.1 Å². The zero-order valence-corrected chi connectivity index (χ0v) is 13.6. The maximum absolute atomic E-state index is 12.1. The summed E-state index contributed by atoms with van der Waals surface area (Å²) in [6.45, 7) is 3.05. The van der Waals surface area contributed by atoms with Gasteiger partial charge < -0.3 is 9.47 Å². The number of carbonyl (C=O) groups is 2. The summed E-state index contributed by atoms with van der Waals surface area (Å²) in [5, 5.41) is 0. The van der Waals surface area contributed by atoms with Crippen LogP contribution in [0.2, 0.25) is 0 Å². The largest absolute Gasteiger partial charge is 0.419 e. The number of hydrogen-bond donors (Lipinski definition) is 0. The van der Waals surface area contributed by atoms with E-state index in [1.807, 2.05) is 24.3 Å². The maximum atomic E-state index is 12.1. The highest BCUT2D eigenvalue weighted by molar-refractivity contribution is 9.10. The van der Waals surface area contributed by atoms with Gasteiger partial charge in [0, 0.05) is 23.2 Å². The Bertz CT molecular complexity index is 568. The lowest BCUT2D eigenvalue weighted by Gasteiger charge is -2.30. The topological polar surface area (TPSA) is 52.6 Å². The Morgan fingerprint density at radius 3 is 2.05 bits per heavy atom. The molecule has 1 aromatic carbocycles. The molecule has 0 atom stereocenters. The van der Waals surface area contributed by atoms with Crippen LogP contribution in [0.15, 0.2) is 34.3 Å². The van der Waals surface area contributed by atoms with Crippen molar-refractivity contribution in [1.82, 2.24) is 0 Å². The first kappa shape index (κ1) is 15.1. The van der Waals surface area contributed by atoms with E-state index in [1.165, 1.54) is 25.6 Å². The van der Waals surface area contributed by atoms with Crippen molar-refractivity contribution >= 4 is 44.5 Å². The third-order valence-corrected chi connectivity index (χ3v) is 4.00. The first-order chi connectivity index (χ1) is 9.34. The minimum absolute atomic E-state index is 0.0563. The lowest BCUT2D eigenvalue weighted by atomic mass is 10.1. The normalized spacial score (nSPS) is 17.5. The van der Waals surface area contributed by atoms with Crippen LogP contribution in [0.4, 0.5) is 0 Å². The molecule has 0 N–H and O–H groups in total. The smallest absolute Gasteiger partial charge is 0.350 e. The number of ether oxygens (including phenoxy) is 2. The van der Waals surface area contributed by atoms with Crippen LogP contribution < -0.4 is 0 Å². The molecule has 0 bridgehead atoms. The third kappa shape index (κ3) is 3.07. The molecule has 1 aliphatic rings. The van der Waals surface area contributed by atoms with Gasteiger partial charge in [-0.05, 0) is 24.0 Å². The molecule has 0 radical (unpaired) electrons. The predicted molar refractivity (Wildman–Crippen MR) is 80.8 cm³/mol. The first-order valence-electron chi connectivity index (χ1n) is 5.85. The first-order valence-corrected chi connectivity index (χ1v) is 7.87. The third-order valence-electron chi connectivity index (χ3n) is 2.62. The highest BCUT2D eigenvalue weighted by Gasteiger charge is 2.40. The monoisotopic (exact) mass is 356 g/mol. The van der Waals surface area contributed by atoms with Crippen LogP contribution >= 0.6 is 27.7 Å². The van der Waals surface area contributed by atoms with Gasteiger partial charge in [0.2, 0.25) is 0 Å². The molecule has 0 aromatic heterocycles. The Balaban J connectivity index is 2.50. The fourth-order valence-electron chi connectivity index (χ4n) is 1.80. The summed E-state index contributed by atoms with van der Waals surface area (Å²) in [6, 6.07) is 7.33. The summed E-state index contributed by atoms with van der Waals surface area (Å²) in [5.41, 5.74) is 0.712. The zero-order valence-electron chi connectivity index (χ0n) is 11.2. The van der Waals surface area contributed by atoms with Crippen molar-refractivity contribution in [2.24, 2.45) is 0 Å². The molecule has 1 fully saturated rings. The average molecular weight is 357 g/mol. The predicted octanol–water partition coefficient (Wildman–Crippen LogP) is 3.36. The molecule has 4 nitrogen and oxygen atoms in total. The Hall–Kier alpha value is -1.27. The summed E-state index contributed by atoms with van der Waals surface area (Å²) in [7, 11) is 0. The van der Waals surface area contributed by atoms with E-state index >= 15 is 0 Å². The van der Waals surface area contributed by atoms with E-state index in [2.05, 4.69) is 15.9 Å². The minimum atomic E-state index is -1.22. The highest BCUT2D eigenvalue weighted by atomic mass is 79.9. The van der Waals surface area contributed by atoms with Gasteiger partial charge in [-0.2, -0.15) is 0 Å². The lowest BCUT2D eigenvalue weighted by Crippen LogP contribution is -2.42. The molecule has 106 valence electrons. The van der Waals surface area contributed by atoms with Gasteiger partial charge in [-0.15, -0.1) is 11.8 Å². The second-order valence-corrected chi connectivity index (χ2v) is 6.33. The van der Waals surface area contributed by atoms with E-state index in [4.69, 9.17) is 9.47 Å². The molecule has 0 unspecified atom stereocenters. The molecule has 1 aromatic rings. The molecule has 2 rings (SSSR count). The van der Waals surface area contributed by atoms with Gasteiger partial charge in [0.05, 0.1) is 0 Å². The van der Waals surface area contributed by atoms with E-state index in [0.717, 1.165) is 10.0 Å². The molecule has 0 spiro atoms. The average Bonchev–Trinajstić information content (AvgIpc) is 2.34. The van der Waals surface area contributed by atoms with Gasteiger partial charge >= 0.3 is 11.9 Å². The van der Waals surface area contributed by atoms with Crippen LogP contribution in [0.5, 0.6) is 0 Å². The Labute approximate surface area is 129 Å². The molecule has 0 saturated carbocycles. The molecule has 1 aliphatic heterocycles. The summed E-state index contributed by atoms with van der Waals surface area (Å²) >= 11 is 4.65. The standard InChI is InChI=1S/C14H13BrO4S/c1-14(2)18-12(16)10(13(17)19-14)11(20-3)8-4-6-9(15)7-5-8/h4-7H,1-3H3. The molecular weight excluding hydrogens is 344 g/mol. The van der Waals surface area contributed by atoms with Crippen molar-refractivity contribution in [3.8, 4) is 0 Å². The second kappa shape index (κ2) is 5.61. The molecule has 1 saturated heterocycles. The summed E-state index contributed by atoms with van der Waals surface area (Å²) in [5.74, 6) is -2.53. The highest BCUT2D eigenvalue weighted by Crippen LogP contribution is 2.34. The van der Waals surface area contributed by atoms with E-state index < -0.39 is 17.7 Å². The fraction of sp³-hybridized carbons (Fsp3) is 0.286. The molecule has 6 heteroatoms. The van der Waals surface area contributed by atoms with E-state index in [1.54, 1.807) is 6.26 Å². The second-order valence-electron chi connectivity index (χ2n) is 4.59. The molecule has 20 heavy (non-hydrogen) atoms. The van der Waals surface area contributed by atoms with Gasteiger partial charge in [0.25, 0.3) is 5.79 Å². The summed E-state index contributed by atoms with van der Waals surface area (Å²) < 4.78 is 11.2. The van der Waals surface area contributed by atoms with Crippen LogP contribution in [-0.2, 0) is 19.1 Å². The number of halogens is 1. The number of hydrogen-bond acceptors (Lipinski definition) is 5. The Morgan fingerprint density at radius 2 is 1.60 bits per heavy atom. The number of esters is 2. The van der Waals surface area contributed by atoms with Gasteiger partial charge in [0.15, 0.2) is 5.57 Å². The van der Waals surface area contributed by atoms with Gasteiger partial charge in [-0.25, -0.2) is 9.59 Å². The van der Waals surface area contributed by atoms with Crippen LogP contribution in [0.25, 0.3) is 4.91 Å². The van der Waals surface area contributed by atoms with E-state index in [0.29, 0.717) is 4.91 Å². The van der Waals surface area contributed by atoms with E-state index in [9.17, 15) is 9.59 Å². The SMILES string of the molecule is CSC(=C1C(=O)OC(C)(C)OC1=O)c1ccc(Br)cc1. The molecule has 1 heterocycles. The van der Waals surface area contributed by atoms with E-state index in [-0.39, 0.29) is 5.57 Å². The number of thioether (sulfide) groups is 1. The van der Waals surface area contributed by atoms with Crippen LogP contribution in [0, 0.1) is 0 Å². The zero-order chi connectivity index (χ0) is 14.9. The Morgan fingerprint density at radius 1 is 1.10 bits per heavy atom. The van der Waals surface area contributed by atoms with Crippen LogP contribution in [-0.4, -0.2) is 24.0 Å². The molecule has 0 aliphatic carbocycles. The summed E-state index contributed by atoms with van der Waals surface area (Å²) in [4.78, 5) is 24.7. The quantitative estimate of drug-likeness (QED) is 0.462. The van der Waals surface area contributed by atoms with Crippen LogP contribution in [0.1, 0.15) is 19.4 Å². The molecule has 0 amide bonds. The summed E-state index contributed by atoms with van der Waals surface area (Å²) in [6.07, 6.45) is 1.80. The number of rotatable bonds is 2. The van der Waals surface area contributed by atoms with Crippen molar-refractivity contribution in [3.05, 3.63) is 39.9 Å².